The lowest BCUT2D eigenvalue weighted by Gasteiger charge is -2.21. The van der Waals surface area contributed by atoms with Crippen LogP contribution in [0.4, 0.5) is 4.79 Å². The van der Waals surface area contributed by atoms with Crippen molar-refractivity contribution in [2.75, 3.05) is 19.6 Å². The quantitative estimate of drug-likeness (QED) is 0.862. The maximum atomic E-state index is 11.7. The highest BCUT2D eigenvalue weighted by Gasteiger charge is 2.11. The Morgan fingerprint density at radius 1 is 1.28 bits per heavy atom. The highest BCUT2D eigenvalue weighted by Crippen LogP contribution is 2.07. The van der Waals surface area contributed by atoms with E-state index in [-0.39, 0.29) is 24.5 Å². The van der Waals surface area contributed by atoms with Crippen LogP contribution in [0.2, 0.25) is 0 Å². The number of nitrogens with zero attached hydrogens (tertiary/aromatic N) is 1. The minimum absolute atomic E-state index is 0. The van der Waals surface area contributed by atoms with E-state index in [9.17, 15) is 4.79 Å². The number of hydrogen-bond donors (Lipinski definition) is 2. The maximum Gasteiger partial charge on any atom is 0.317 e. The van der Waals surface area contributed by atoms with Crippen molar-refractivity contribution in [2.24, 2.45) is 5.73 Å². The van der Waals surface area contributed by atoms with Gasteiger partial charge in [0.1, 0.15) is 0 Å². The summed E-state index contributed by atoms with van der Waals surface area (Å²) in [5.41, 5.74) is 7.03. The van der Waals surface area contributed by atoms with Crippen molar-refractivity contribution in [3.05, 3.63) is 35.9 Å². The molecule has 1 aromatic carbocycles. The third-order valence-electron chi connectivity index (χ3n) is 2.75. The monoisotopic (exact) mass is 271 g/mol. The molecule has 0 aliphatic rings. The van der Waals surface area contributed by atoms with Crippen LogP contribution in [0.3, 0.4) is 0 Å². The predicted molar refractivity (Wildman–Crippen MR) is 76.9 cm³/mol. The third kappa shape index (κ3) is 4.94. The summed E-state index contributed by atoms with van der Waals surface area (Å²) in [4.78, 5) is 13.4. The smallest absolute Gasteiger partial charge is 0.317 e. The summed E-state index contributed by atoms with van der Waals surface area (Å²) >= 11 is 0. The Morgan fingerprint density at radius 2 is 1.83 bits per heavy atom. The van der Waals surface area contributed by atoms with Crippen LogP contribution >= 0.6 is 12.4 Å². The molecule has 1 atom stereocenters. The molecule has 0 aliphatic heterocycles. The summed E-state index contributed by atoms with van der Waals surface area (Å²) in [7, 11) is 0. The van der Waals surface area contributed by atoms with Crippen molar-refractivity contribution in [2.45, 2.75) is 19.9 Å². The second kappa shape index (κ2) is 8.78. The van der Waals surface area contributed by atoms with Gasteiger partial charge in [-0.25, -0.2) is 4.79 Å². The van der Waals surface area contributed by atoms with Gasteiger partial charge in [-0.1, -0.05) is 30.3 Å². The van der Waals surface area contributed by atoms with Crippen LogP contribution in [0.25, 0.3) is 0 Å². The average Bonchev–Trinajstić information content (AvgIpc) is 2.38. The number of benzene rings is 1. The lowest BCUT2D eigenvalue weighted by molar-refractivity contribution is 0.202. The molecule has 3 N–H and O–H groups in total. The van der Waals surface area contributed by atoms with E-state index in [2.05, 4.69) is 5.32 Å². The molecule has 2 amide bonds. The van der Waals surface area contributed by atoms with Crippen molar-refractivity contribution < 1.29 is 4.79 Å². The average molecular weight is 272 g/mol. The van der Waals surface area contributed by atoms with Gasteiger partial charge in [0.25, 0.3) is 0 Å². The van der Waals surface area contributed by atoms with Crippen LogP contribution < -0.4 is 11.1 Å². The first-order valence-electron chi connectivity index (χ1n) is 6.02. The summed E-state index contributed by atoms with van der Waals surface area (Å²) in [6.45, 7) is 5.80. The van der Waals surface area contributed by atoms with Gasteiger partial charge in [0.05, 0.1) is 0 Å². The van der Waals surface area contributed by atoms with Gasteiger partial charge in [-0.15, -0.1) is 12.4 Å². The van der Waals surface area contributed by atoms with Gasteiger partial charge in [0.15, 0.2) is 0 Å². The molecule has 0 saturated carbocycles. The standard InChI is InChI=1S/C13H21N3O.ClH/c1-3-16(4-2)13(17)15-10-12(14)11-8-6-5-7-9-11;/h5-9,12H,3-4,10,14H2,1-2H3,(H,15,17);1H. The van der Waals surface area contributed by atoms with Crippen LogP contribution in [0.1, 0.15) is 25.5 Å². The molecule has 0 aromatic heterocycles. The number of urea groups is 1. The van der Waals surface area contributed by atoms with Crippen molar-refractivity contribution in [3.8, 4) is 0 Å². The van der Waals surface area contributed by atoms with Gasteiger partial charge in [-0.3, -0.25) is 0 Å². The lowest BCUT2D eigenvalue weighted by atomic mass is 10.1. The van der Waals surface area contributed by atoms with Crippen LogP contribution in [-0.4, -0.2) is 30.6 Å². The molecular weight excluding hydrogens is 250 g/mol. The van der Waals surface area contributed by atoms with E-state index < -0.39 is 0 Å². The van der Waals surface area contributed by atoms with E-state index in [0.717, 1.165) is 5.56 Å². The van der Waals surface area contributed by atoms with E-state index in [1.807, 2.05) is 44.2 Å². The minimum Gasteiger partial charge on any atom is -0.336 e. The fourth-order valence-electron chi connectivity index (χ4n) is 1.64. The molecule has 18 heavy (non-hydrogen) atoms. The minimum atomic E-state index is -0.157. The molecule has 4 nitrogen and oxygen atoms in total. The summed E-state index contributed by atoms with van der Waals surface area (Å²) in [5.74, 6) is 0. The van der Waals surface area contributed by atoms with Crippen LogP contribution in [0.15, 0.2) is 30.3 Å². The van der Waals surface area contributed by atoms with Gasteiger partial charge in [0, 0.05) is 25.7 Å². The van der Waals surface area contributed by atoms with Gasteiger partial charge in [-0.05, 0) is 19.4 Å². The Balaban J connectivity index is 0.00000289. The third-order valence-corrected chi connectivity index (χ3v) is 2.75. The Labute approximate surface area is 115 Å². The molecule has 0 saturated heterocycles. The molecule has 0 spiro atoms. The van der Waals surface area contributed by atoms with E-state index in [0.29, 0.717) is 19.6 Å². The largest absolute Gasteiger partial charge is 0.336 e. The summed E-state index contributed by atoms with van der Waals surface area (Å²) in [6.07, 6.45) is 0. The molecular formula is C13H22ClN3O. The second-order valence-electron chi connectivity index (χ2n) is 3.88. The molecule has 5 heteroatoms. The predicted octanol–water partition coefficient (Wildman–Crippen LogP) is 2.16. The molecule has 1 unspecified atom stereocenters. The highest BCUT2D eigenvalue weighted by molar-refractivity contribution is 5.85. The fourth-order valence-corrected chi connectivity index (χ4v) is 1.64. The van der Waals surface area contributed by atoms with Crippen molar-refractivity contribution >= 4 is 18.4 Å². The first-order valence-corrected chi connectivity index (χ1v) is 6.02. The Morgan fingerprint density at radius 3 is 2.33 bits per heavy atom. The zero-order valence-electron chi connectivity index (χ0n) is 10.9. The number of amides is 2. The number of rotatable bonds is 5. The maximum absolute atomic E-state index is 11.7. The molecule has 1 aromatic rings. The Bertz CT molecular complexity index is 341. The first kappa shape index (κ1) is 16.7. The topological polar surface area (TPSA) is 58.4 Å². The fraction of sp³-hybridized carbons (Fsp3) is 0.462. The zero-order valence-corrected chi connectivity index (χ0v) is 11.7. The number of carbonyl (C=O) groups is 1. The van der Waals surface area contributed by atoms with Crippen LogP contribution in [-0.2, 0) is 0 Å². The van der Waals surface area contributed by atoms with Crippen molar-refractivity contribution in [1.82, 2.24) is 10.2 Å². The number of halogens is 1. The zero-order chi connectivity index (χ0) is 12.7. The van der Waals surface area contributed by atoms with Gasteiger partial charge < -0.3 is 16.0 Å². The normalized spacial score (nSPS) is 11.3. The molecule has 1 rings (SSSR count). The molecule has 102 valence electrons. The van der Waals surface area contributed by atoms with Gasteiger partial charge in [0.2, 0.25) is 0 Å². The number of carbonyl (C=O) groups excluding carboxylic acids is 1. The molecule has 0 radical (unpaired) electrons. The second-order valence-corrected chi connectivity index (χ2v) is 3.88. The van der Waals surface area contributed by atoms with Crippen LogP contribution in [0, 0.1) is 0 Å². The molecule has 0 bridgehead atoms. The number of nitrogens with two attached hydrogens (primary N) is 1. The van der Waals surface area contributed by atoms with E-state index in [1.54, 1.807) is 4.90 Å². The SMILES string of the molecule is CCN(CC)C(=O)NCC(N)c1ccccc1.Cl. The number of hydrogen-bond acceptors (Lipinski definition) is 2. The Hall–Kier alpha value is -1.26. The van der Waals surface area contributed by atoms with Crippen LogP contribution in [0.5, 0.6) is 0 Å². The van der Waals surface area contributed by atoms with E-state index in [4.69, 9.17) is 5.73 Å². The summed E-state index contributed by atoms with van der Waals surface area (Å²) < 4.78 is 0. The van der Waals surface area contributed by atoms with Crippen molar-refractivity contribution in [3.63, 3.8) is 0 Å². The van der Waals surface area contributed by atoms with E-state index in [1.165, 1.54) is 0 Å². The molecule has 0 aliphatic carbocycles. The molecule has 0 heterocycles. The number of nitrogens with one attached hydrogen (secondary N) is 1. The van der Waals surface area contributed by atoms with Gasteiger partial charge in [-0.2, -0.15) is 0 Å². The van der Waals surface area contributed by atoms with Crippen molar-refractivity contribution in [1.29, 1.82) is 0 Å². The highest BCUT2D eigenvalue weighted by atomic mass is 35.5. The summed E-state index contributed by atoms with van der Waals surface area (Å²) in [6, 6.07) is 9.56. The first-order chi connectivity index (χ1) is 8.19. The van der Waals surface area contributed by atoms with Gasteiger partial charge >= 0.3 is 6.03 Å². The lowest BCUT2D eigenvalue weighted by Crippen LogP contribution is -2.42. The van der Waals surface area contributed by atoms with E-state index >= 15 is 0 Å². The molecule has 0 fully saturated rings. The summed E-state index contributed by atoms with van der Waals surface area (Å²) in [5, 5.41) is 2.84. The Kier molecular flexibility index (Phi) is 8.16.